The van der Waals surface area contributed by atoms with Crippen LogP contribution in [0, 0.1) is 5.41 Å². The molecule has 1 aromatic carbocycles. The Morgan fingerprint density at radius 3 is 2.70 bits per heavy atom. The fourth-order valence-electron chi connectivity index (χ4n) is 2.45. The number of para-hydroxylation sites is 1. The van der Waals surface area contributed by atoms with Crippen molar-refractivity contribution in [3.05, 3.63) is 18.2 Å². The summed E-state index contributed by atoms with van der Waals surface area (Å²) in [6.07, 6.45) is 3.06. The van der Waals surface area contributed by atoms with Crippen LogP contribution in [0.2, 0.25) is 0 Å². The fourth-order valence-corrected chi connectivity index (χ4v) is 3.94. The summed E-state index contributed by atoms with van der Waals surface area (Å²) in [6.45, 7) is 1.44. The highest BCUT2D eigenvalue weighted by molar-refractivity contribution is 7.90. The van der Waals surface area contributed by atoms with Crippen molar-refractivity contribution in [3.63, 3.8) is 0 Å². The van der Waals surface area contributed by atoms with E-state index in [2.05, 4.69) is 0 Å². The van der Waals surface area contributed by atoms with Crippen LogP contribution in [0.3, 0.4) is 0 Å². The van der Waals surface area contributed by atoms with Gasteiger partial charge in [0.1, 0.15) is 23.1 Å². The normalized spacial score (nSPS) is 19.4. The summed E-state index contributed by atoms with van der Waals surface area (Å²) in [7, 11) is -2.98. The van der Waals surface area contributed by atoms with Crippen molar-refractivity contribution in [2.75, 3.05) is 31.8 Å². The molecule has 0 unspecified atom stereocenters. The molecule has 6 heteroatoms. The summed E-state index contributed by atoms with van der Waals surface area (Å²) in [5.74, 6) is 2.12. The van der Waals surface area contributed by atoms with Gasteiger partial charge >= 0.3 is 0 Å². The van der Waals surface area contributed by atoms with E-state index in [1.807, 2.05) is 18.2 Å². The minimum Gasteiger partial charge on any atom is -0.489 e. The molecular formula is C14H18O5S. The van der Waals surface area contributed by atoms with E-state index in [1.165, 1.54) is 6.26 Å². The zero-order chi connectivity index (χ0) is 14.2. The Balaban J connectivity index is 1.70. The molecule has 1 fully saturated rings. The fraction of sp³-hybridized carbons (Fsp3) is 0.571. The summed E-state index contributed by atoms with van der Waals surface area (Å²) >= 11 is 0. The predicted molar refractivity (Wildman–Crippen MR) is 74.3 cm³/mol. The maximum Gasteiger partial charge on any atom is 0.203 e. The Morgan fingerprint density at radius 1 is 1.25 bits per heavy atom. The van der Waals surface area contributed by atoms with Crippen LogP contribution < -0.4 is 14.2 Å². The van der Waals surface area contributed by atoms with Crippen LogP contribution in [-0.4, -0.2) is 40.2 Å². The van der Waals surface area contributed by atoms with Crippen LogP contribution in [0.15, 0.2) is 18.2 Å². The molecule has 1 aliphatic heterocycles. The Kier molecular flexibility index (Phi) is 3.28. The lowest BCUT2D eigenvalue weighted by atomic mass is 10.1. The SMILES string of the molecule is CS(=O)(=O)CC1(COc2cccc3c2OCCO3)CC1. The van der Waals surface area contributed by atoms with Gasteiger partial charge in [0.25, 0.3) is 0 Å². The summed E-state index contributed by atoms with van der Waals surface area (Å²) in [6, 6.07) is 5.51. The Hall–Kier alpha value is -1.43. The Bertz CT molecular complexity index is 604. The molecule has 0 spiro atoms. The summed E-state index contributed by atoms with van der Waals surface area (Å²) in [5, 5.41) is 0. The lowest BCUT2D eigenvalue weighted by Gasteiger charge is -2.22. The summed E-state index contributed by atoms with van der Waals surface area (Å²) in [4.78, 5) is 0. The smallest absolute Gasteiger partial charge is 0.203 e. The number of rotatable bonds is 5. The van der Waals surface area contributed by atoms with E-state index < -0.39 is 9.84 Å². The topological polar surface area (TPSA) is 61.8 Å². The zero-order valence-electron chi connectivity index (χ0n) is 11.4. The molecule has 1 aliphatic carbocycles. The van der Waals surface area contributed by atoms with Gasteiger partial charge in [-0.25, -0.2) is 8.42 Å². The van der Waals surface area contributed by atoms with Crippen LogP contribution in [-0.2, 0) is 9.84 Å². The molecule has 0 amide bonds. The van der Waals surface area contributed by atoms with Crippen molar-refractivity contribution in [3.8, 4) is 17.2 Å². The second-order valence-electron chi connectivity index (χ2n) is 5.64. The van der Waals surface area contributed by atoms with Crippen molar-refractivity contribution >= 4 is 9.84 Å². The van der Waals surface area contributed by atoms with Gasteiger partial charge in [0.05, 0.1) is 12.4 Å². The van der Waals surface area contributed by atoms with Gasteiger partial charge in [-0.1, -0.05) is 6.07 Å². The van der Waals surface area contributed by atoms with Crippen molar-refractivity contribution in [2.45, 2.75) is 12.8 Å². The molecule has 0 saturated heterocycles. The second-order valence-corrected chi connectivity index (χ2v) is 7.78. The molecule has 0 bridgehead atoms. The van der Waals surface area contributed by atoms with Crippen molar-refractivity contribution < 1.29 is 22.6 Å². The number of hydrogen-bond donors (Lipinski definition) is 0. The quantitative estimate of drug-likeness (QED) is 0.827. The van der Waals surface area contributed by atoms with Gasteiger partial charge in [0.15, 0.2) is 11.5 Å². The third-order valence-corrected chi connectivity index (χ3v) is 4.73. The van der Waals surface area contributed by atoms with Gasteiger partial charge in [-0.05, 0) is 25.0 Å². The standard InChI is InChI=1S/C14H18O5S/c1-20(15,16)10-14(5-6-14)9-19-12-4-2-3-11-13(12)18-8-7-17-11/h2-4H,5-10H2,1H3. The average molecular weight is 298 g/mol. The Labute approximate surface area is 118 Å². The molecule has 3 rings (SSSR count). The van der Waals surface area contributed by atoms with E-state index in [9.17, 15) is 8.42 Å². The molecule has 1 aromatic rings. The van der Waals surface area contributed by atoms with Crippen LogP contribution in [0.1, 0.15) is 12.8 Å². The molecule has 110 valence electrons. The maximum absolute atomic E-state index is 11.4. The number of fused-ring (bicyclic) bond motifs is 1. The largest absolute Gasteiger partial charge is 0.489 e. The molecule has 5 nitrogen and oxygen atoms in total. The van der Waals surface area contributed by atoms with E-state index in [0.29, 0.717) is 37.1 Å². The van der Waals surface area contributed by atoms with Gasteiger partial charge < -0.3 is 14.2 Å². The van der Waals surface area contributed by atoms with Crippen LogP contribution in [0.25, 0.3) is 0 Å². The van der Waals surface area contributed by atoms with Gasteiger partial charge in [-0.15, -0.1) is 0 Å². The van der Waals surface area contributed by atoms with Gasteiger partial charge in [0, 0.05) is 11.7 Å². The monoisotopic (exact) mass is 298 g/mol. The van der Waals surface area contributed by atoms with Crippen molar-refractivity contribution in [2.24, 2.45) is 5.41 Å². The number of benzene rings is 1. The minimum absolute atomic E-state index is 0.187. The minimum atomic E-state index is -2.98. The highest BCUT2D eigenvalue weighted by Crippen LogP contribution is 2.48. The maximum atomic E-state index is 11.4. The third kappa shape index (κ3) is 3.00. The highest BCUT2D eigenvalue weighted by Gasteiger charge is 2.46. The number of hydrogen-bond acceptors (Lipinski definition) is 5. The van der Waals surface area contributed by atoms with Crippen LogP contribution >= 0.6 is 0 Å². The molecule has 0 atom stereocenters. The van der Waals surface area contributed by atoms with E-state index in [1.54, 1.807) is 0 Å². The summed E-state index contributed by atoms with van der Waals surface area (Å²) < 4.78 is 39.7. The van der Waals surface area contributed by atoms with Gasteiger partial charge in [0.2, 0.25) is 5.75 Å². The Morgan fingerprint density at radius 2 is 2.00 bits per heavy atom. The molecule has 0 N–H and O–H groups in total. The molecule has 1 heterocycles. The van der Waals surface area contributed by atoms with Crippen LogP contribution in [0.5, 0.6) is 17.2 Å². The molecule has 0 radical (unpaired) electrons. The molecule has 2 aliphatic rings. The van der Waals surface area contributed by atoms with Gasteiger partial charge in [-0.3, -0.25) is 0 Å². The number of sulfone groups is 1. The third-order valence-electron chi connectivity index (χ3n) is 3.59. The average Bonchev–Trinajstić information content (AvgIpc) is 3.14. The van der Waals surface area contributed by atoms with Gasteiger partial charge in [-0.2, -0.15) is 0 Å². The first kappa shape index (κ1) is 13.5. The molecule has 1 saturated carbocycles. The highest BCUT2D eigenvalue weighted by atomic mass is 32.2. The first-order chi connectivity index (χ1) is 9.48. The number of ether oxygens (including phenoxy) is 3. The second kappa shape index (κ2) is 4.84. The van der Waals surface area contributed by atoms with E-state index in [4.69, 9.17) is 14.2 Å². The molecular weight excluding hydrogens is 280 g/mol. The van der Waals surface area contributed by atoms with Crippen LogP contribution in [0.4, 0.5) is 0 Å². The molecule has 0 aromatic heterocycles. The van der Waals surface area contributed by atoms with E-state index in [-0.39, 0.29) is 11.2 Å². The lowest BCUT2D eigenvalue weighted by Crippen LogP contribution is -2.23. The summed E-state index contributed by atoms with van der Waals surface area (Å²) in [5.41, 5.74) is -0.216. The molecule has 20 heavy (non-hydrogen) atoms. The van der Waals surface area contributed by atoms with Crippen molar-refractivity contribution in [1.29, 1.82) is 0 Å². The lowest BCUT2D eigenvalue weighted by molar-refractivity contribution is 0.157. The van der Waals surface area contributed by atoms with E-state index >= 15 is 0 Å². The van der Waals surface area contributed by atoms with E-state index in [0.717, 1.165) is 12.8 Å². The predicted octanol–water partition coefficient (Wildman–Crippen LogP) is 1.66. The van der Waals surface area contributed by atoms with Crippen molar-refractivity contribution in [1.82, 2.24) is 0 Å². The first-order valence-electron chi connectivity index (χ1n) is 6.67. The first-order valence-corrected chi connectivity index (χ1v) is 8.73. The zero-order valence-corrected chi connectivity index (χ0v) is 12.2.